The maximum Gasteiger partial charge on any atom is 0.137 e. The first kappa shape index (κ1) is 20.1. The average Bonchev–Trinajstić information content (AvgIpc) is 2.71. The largest absolute Gasteiger partial charge is 0.497 e. The summed E-state index contributed by atoms with van der Waals surface area (Å²) < 4.78 is 16.9. The van der Waals surface area contributed by atoms with Crippen molar-refractivity contribution in [3.05, 3.63) is 60.2 Å². The maximum atomic E-state index is 10.5. The Morgan fingerprint density at radius 1 is 1.00 bits per heavy atom. The van der Waals surface area contributed by atoms with E-state index in [9.17, 15) is 15.3 Å². The van der Waals surface area contributed by atoms with Gasteiger partial charge < -0.3 is 29.5 Å². The molecule has 2 aromatic carbocycles. The molecule has 1 heterocycles. The Labute approximate surface area is 162 Å². The molecule has 1 aliphatic heterocycles. The van der Waals surface area contributed by atoms with Gasteiger partial charge in [0.2, 0.25) is 0 Å². The monoisotopic (exact) mass is 392 g/mol. The number of hydrogen-bond donors (Lipinski definition) is 3. The molecule has 27 heavy (non-hydrogen) atoms. The standard InChI is InChI=1S/C20H24O6S/c1-24-14-9-7-13(8-10-14)12-25-19-18(23)17(22)16(11-21)26-20(19)27-15-5-3-2-4-6-15/h2-10,16-23H,11-12H2,1H3/t16-,17+,18+,19-,20+/m1/s1. The zero-order chi connectivity index (χ0) is 19.2. The van der Waals surface area contributed by atoms with Crippen molar-refractivity contribution in [3.63, 3.8) is 0 Å². The lowest BCUT2D eigenvalue weighted by Gasteiger charge is -2.41. The van der Waals surface area contributed by atoms with Crippen molar-refractivity contribution in [2.45, 2.75) is 41.4 Å². The predicted octanol–water partition coefficient (Wildman–Crippen LogP) is 1.81. The van der Waals surface area contributed by atoms with Crippen LogP contribution >= 0.6 is 11.8 Å². The molecule has 1 fully saturated rings. The first-order valence-electron chi connectivity index (χ1n) is 8.71. The van der Waals surface area contributed by atoms with E-state index in [0.717, 1.165) is 16.2 Å². The van der Waals surface area contributed by atoms with Crippen molar-refractivity contribution < 1.29 is 29.5 Å². The number of ether oxygens (including phenoxy) is 3. The first-order valence-corrected chi connectivity index (χ1v) is 9.59. The number of rotatable bonds is 7. The summed E-state index contributed by atoms with van der Waals surface area (Å²) in [6.07, 6.45) is -4.00. The van der Waals surface area contributed by atoms with E-state index in [1.807, 2.05) is 54.6 Å². The highest BCUT2D eigenvalue weighted by Crippen LogP contribution is 2.35. The van der Waals surface area contributed by atoms with Crippen molar-refractivity contribution in [2.75, 3.05) is 13.7 Å². The minimum atomic E-state index is -1.22. The third kappa shape index (κ3) is 5.01. The Morgan fingerprint density at radius 3 is 2.33 bits per heavy atom. The van der Waals surface area contributed by atoms with Gasteiger partial charge in [-0.3, -0.25) is 0 Å². The molecule has 5 atom stereocenters. The zero-order valence-electron chi connectivity index (χ0n) is 15.0. The van der Waals surface area contributed by atoms with Gasteiger partial charge in [0.1, 0.15) is 35.6 Å². The van der Waals surface area contributed by atoms with Crippen molar-refractivity contribution >= 4 is 11.8 Å². The van der Waals surface area contributed by atoms with Crippen LogP contribution in [0.5, 0.6) is 5.75 Å². The number of benzene rings is 2. The van der Waals surface area contributed by atoms with E-state index < -0.39 is 29.9 Å². The third-order valence-electron chi connectivity index (χ3n) is 4.42. The van der Waals surface area contributed by atoms with Crippen LogP contribution in [0.15, 0.2) is 59.5 Å². The topological polar surface area (TPSA) is 88.4 Å². The SMILES string of the molecule is COc1ccc(CO[C@@H]2[C@@H](O)[C@@H](O)[C@@H](CO)O[C@H]2Sc2ccccc2)cc1. The summed E-state index contributed by atoms with van der Waals surface area (Å²) in [6, 6.07) is 17.0. The molecule has 0 saturated carbocycles. The van der Waals surface area contributed by atoms with E-state index >= 15 is 0 Å². The molecule has 0 radical (unpaired) electrons. The van der Waals surface area contributed by atoms with Gasteiger partial charge in [-0.15, -0.1) is 0 Å². The summed E-state index contributed by atoms with van der Waals surface area (Å²) >= 11 is 1.39. The number of aliphatic hydroxyl groups excluding tert-OH is 3. The van der Waals surface area contributed by atoms with Crippen molar-refractivity contribution in [3.8, 4) is 5.75 Å². The second-order valence-electron chi connectivity index (χ2n) is 6.26. The maximum absolute atomic E-state index is 10.5. The van der Waals surface area contributed by atoms with Crippen LogP contribution in [0.4, 0.5) is 0 Å². The van der Waals surface area contributed by atoms with E-state index in [4.69, 9.17) is 14.2 Å². The second kappa shape index (κ2) is 9.54. The molecule has 1 saturated heterocycles. The van der Waals surface area contributed by atoms with Gasteiger partial charge in [0.15, 0.2) is 0 Å². The number of methoxy groups -OCH3 is 1. The Balaban J connectivity index is 1.72. The highest BCUT2D eigenvalue weighted by molar-refractivity contribution is 7.99. The van der Waals surface area contributed by atoms with E-state index in [1.54, 1.807) is 7.11 Å². The highest BCUT2D eigenvalue weighted by atomic mass is 32.2. The van der Waals surface area contributed by atoms with Gasteiger partial charge in [0, 0.05) is 4.90 Å². The molecule has 1 aliphatic rings. The molecular formula is C20H24O6S. The molecule has 146 valence electrons. The van der Waals surface area contributed by atoms with Gasteiger partial charge in [-0.05, 0) is 29.8 Å². The summed E-state index contributed by atoms with van der Waals surface area (Å²) in [5.41, 5.74) is 0.339. The normalized spacial score (nSPS) is 28.1. The minimum Gasteiger partial charge on any atom is -0.497 e. The summed E-state index contributed by atoms with van der Waals surface area (Å²) in [5, 5.41) is 30.2. The Bertz CT molecular complexity index is 695. The molecule has 0 aliphatic carbocycles. The van der Waals surface area contributed by atoms with Gasteiger partial charge in [-0.2, -0.15) is 0 Å². The van der Waals surface area contributed by atoms with E-state index in [2.05, 4.69) is 0 Å². The van der Waals surface area contributed by atoms with Gasteiger partial charge in [0.25, 0.3) is 0 Å². The van der Waals surface area contributed by atoms with E-state index in [1.165, 1.54) is 11.8 Å². The lowest BCUT2D eigenvalue weighted by atomic mass is 10.00. The van der Waals surface area contributed by atoms with Crippen LogP contribution in [-0.2, 0) is 16.1 Å². The molecule has 6 nitrogen and oxygen atoms in total. The highest BCUT2D eigenvalue weighted by Gasteiger charge is 2.45. The first-order chi connectivity index (χ1) is 13.1. The Kier molecular flexibility index (Phi) is 7.12. The lowest BCUT2D eigenvalue weighted by Crippen LogP contribution is -2.58. The molecule has 0 aromatic heterocycles. The van der Waals surface area contributed by atoms with Crippen LogP contribution in [0.25, 0.3) is 0 Å². The van der Waals surface area contributed by atoms with Gasteiger partial charge in [-0.1, -0.05) is 42.1 Å². The van der Waals surface area contributed by atoms with E-state index in [-0.39, 0.29) is 13.2 Å². The summed E-state index contributed by atoms with van der Waals surface area (Å²) in [7, 11) is 1.60. The number of aliphatic hydroxyl groups is 3. The zero-order valence-corrected chi connectivity index (χ0v) is 15.8. The van der Waals surface area contributed by atoms with Gasteiger partial charge in [0.05, 0.1) is 20.3 Å². The smallest absolute Gasteiger partial charge is 0.137 e. The van der Waals surface area contributed by atoms with Crippen LogP contribution in [0, 0.1) is 0 Å². The Morgan fingerprint density at radius 2 is 1.70 bits per heavy atom. The molecule has 0 unspecified atom stereocenters. The second-order valence-corrected chi connectivity index (χ2v) is 7.43. The third-order valence-corrected chi connectivity index (χ3v) is 5.58. The van der Waals surface area contributed by atoms with Crippen molar-refractivity contribution in [1.29, 1.82) is 0 Å². The lowest BCUT2D eigenvalue weighted by molar-refractivity contribution is -0.221. The van der Waals surface area contributed by atoms with Crippen LogP contribution in [0.2, 0.25) is 0 Å². The fraction of sp³-hybridized carbons (Fsp3) is 0.400. The molecule has 7 heteroatoms. The van der Waals surface area contributed by atoms with Gasteiger partial charge >= 0.3 is 0 Å². The molecule has 0 bridgehead atoms. The summed E-state index contributed by atoms with van der Waals surface area (Å²) in [6.45, 7) is -0.132. The fourth-order valence-electron chi connectivity index (χ4n) is 2.88. The Hall–Kier alpha value is -1.61. The van der Waals surface area contributed by atoms with E-state index in [0.29, 0.717) is 0 Å². The quantitative estimate of drug-likeness (QED) is 0.662. The average molecular weight is 392 g/mol. The molecule has 0 amide bonds. The van der Waals surface area contributed by atoms with Crippen LogP contribution in [0.1, 0.15) is 5.56 Å². The fourth-order valence-corrected chi connectivity index (χ4v) is 4.03. The summed E-state index contributed by atoms with van der Waals surface area (Å²) in [5.74, 6) is 0.749. The van der Waals surface area contributed by atoms with Crippen molar-refractivity contribution in [2.24, 2.45) is 0 Å². The number of hydrogen-bond acceptors (Lipinski definition) is 7. The number of thioether (sulfide) groups is 1. The molecule has 0 spiro atoms. The molecule has 2 aromatic rings. The summed E-state index contributed by atoms with van der Waals surface area (Å²) in [4.78, 5) is 0.945. The predicted molar refractivity (Wildman–Crippen MR) is 102 cm³/mol. The molecular weight excluding hydrogens is 368 g/mol. The molecule has 3 rings (SSSR count). The van der Waals surface area contributed by atoms with Crippen LogP contribution in [-0.4, -0.2) is 58.9 Å². The molecule has 3 N–H and O–H groups in total. The van der Waals surface area contributed by atoms with Crippen molar-refractivity contribution in [1.82, 2.24) is 0 Å². The minimum absolute atomic E-state index is 0.247. The van der Waals surface area contributed by atoms with Gasteiger partial charge in [-0.25, -0.2) is 0 Å². The van der Waals surface area contributed by atoms with Crippen LogP contribution in [0.3, 0.4) is 0 Å². The van der Waals surface area contributed by atoms with Crippen LogP contribution < -0.4 is 4.74 Å².